The highest BCUT2D eigenvalue weighted by Gasteiger charge is 2.51. The van der Waals surface area contributed by atoms with Crippen LogP contribution in [0.2, 0.25) is 0 Å². The van der Waals surface area contributed by atoms with Gasteiger partial charge in [-0.15, -0.1) is 0 Å². The Hall–Kier alpha value is -0.0200. The van der Waals surface area contributed by atoms with Gasteiger partial charge in [0.15, 0.2) is 5.69 Å². The van der Waals surface area contributed by atoms with E-state index >= 15 is 0 Å². The summed E-state index contributed by atoms with van der Waals surface area (Å²) in [4.78, 5) is 0. The van der Waals surface area contributed by atoms with Gasteiger partial charge in [0.1, 0.15) is 6.10 Å². The summed E-state index contributed by atoms with van der Waals surface area (Å²) in [6, 6.07) is 0. The molecule has 0 aromatic carbocycles. The Morgan fingerprint density at radius 3 is 2.56 bits per heavy atom. The molecule has 102 valence electrons. The highest BCUT2D eigenvalue weighted by molar-refractivity contribution is 14.2. The largest absolute Gasteiger partial charge is 0.435 e. The number of aliphatic hydroxyl groups is 1. The van der Waals surface area contributed by atoms with Crippen molar-refractivity contribution < 1.29 is 27.1 Å². The Morgan fingerprint density at radius 1 is 1.44 bits per heavy atom. The molecule has 0 aliphatic heterocycles. The second kappa shape index (κ2) is 4.52. The van der Waals surface area contributed by atoms with Gasteiger partial charge in [-0.2, -0.15) is 18.3 Å². The lowest BCUT2D eigenvalue weighted by Crippen LogP contribution is -2.33. The molecule has 0 fully saturated rings. The van der Waals surface area contributed by atoms with Crippen molar-refractivity contribution in [1.29, 1.82) is 0 Å². The summed E-state index contributed by atoms with van der Waals surface area (Å²) in [7, 11) is 0. The molecule has 3 nitrogen and oxygen atoms in total. The lowest BCUT2D eigenvalue weighted by atomic mass is 9.90. The zero-order valence-electron chi connectivity index (χ0n) is 8.60. The maximum Gasteiger partial charge on any atom is 0.435 e. The quantitative estimate of drug-likeness (QED) is 0.447. The number of halogens is 6. The topological polar surface area (TPSA) is 38.1 Å². The summed E-state index contributed by atoms with van der Waals surface area (Å²) < 4.78 is 65.8. The van der Waals surface area contributed by atoms with Crippen molar-refractivity contribution in [2.24, 2.45) is 0 Å². The Bertz CT molecular complexity index is 475. The number of nitrogens with zero attached hydrogens (tertiary/aromatic N) is 2. The van der Waals surface area contributed by atoms with E-state index in [9.17, 15) is 27.1 Å². The van der Waals surface area contributed by atoms with Crippen molar-refractivity contribution in [1.82, 2.24) is 9.55 Å². The van der Waals surface area contributed by atoms with E-state index in [-0.39, 0.29) is 18.5 Å². The summed E-state index contributed by atoms with van der Waals surface area (Å²) >= 11 is 1.81. The number of rotatable bonds is 1. The van der Waals surface area contributed by atoms with Crippen LogP contribution in [-0.4, -0.2) is 20.6 Å². The maximum atomic E-state index is 13.3. The summed E-state index contributed by atoms with van der Waals surface area (Å²) in [5.41, 5.74) is -2.13. The molecule has 1 aromatic heterocycles. The van der Waals surface area contributed by atoms with Gasteiger partial charge in [0.05, 0.1) is 6.37 Å². The molecule has 0 amide bonds. The normalized spacial score (nSPS) is 23.6. The van der Waals surface area contributed by atoms with Gasteiger partial charge in [-0.25, -0.2) is 13.2 Å². The number of fused-ring (bicyclic) bond motifs is 1. The molecule has 0 spiro atoms. The summed E-state index contributed by atoms with van der Waals surface area (Å²) in [5.74, 6) is -3.55. The standard InChI is InChI=1S/C8H7F5IN2OP/c9-7(10)2-1-3-4(6(7)17)5(8(11,12)13)15-16(3)18-14/h6,17-18H,1-2H2. The van der Waals surface area contributed by atoms with Gasteiger partial charge >= 0.3 is 6.18 Å². The number of hydrogen-bond donors (Lipinski definition) is 1. The molecule has 0 bridgehead atoms. The third kappa shape index (κ3) is 2.24. The van der Waals surface area contributed by atoms with E-state index in [0.717, 1.165) is 4.45 Å². The molecule has 2 unspecified atom stereocenters. The molecule has 10 heteroatoms. The molecule has 1 N–H and O–H groups in total. The van der Waals surface area contributed by atoms with Crippen molar-refractivity contribution in [3.8, 4) is 0 Å². The third-order valence-corrected chi connectivity index (χ3v) is 4.64. The molecule has 0 saturated heterocycles. The van der Waals surface area contributed by atoms with Crippen LogP contribution in [0.5, 0.6) is 0 Å². The average molecular weight is 400 g/mol. The predicted octanol–water partition coefficient (Wildman–Crippen LogP) is 3.31. The third-order valence-electron chi connectivity index (χ3n) is 2.74. The van der Waals surface area contributed by atoms with Gasteiger partial charge in [-0.3, -0.25) is 0 Å². The van der Waals surface area contributed by atoms with E-state index in [1.165, 1.54) is 0 Å². The van der Waals surface area contributed by atoms with Crippen LogP contribution in [0.15, 0.2) is 0 Å². The molecule has 0 radical (unpaired) electrons. The molecule has 1 heterocycles. The van der Waals surface area contributed by atoms with Gasteiger partial charge in [0.25, 0.3) is 5.92 Å². The lowest BCUT2D eigenvalue weighted by Gasteiger charge is -2.28. The van der Waals surface area contributed by atoms with E-state index in [1.807, 2.05) is 22.0 Å². The van der Waals surface area contributed by atoms with E-state index in [2.05, 4.69) is 5.10 Å². The lowest BCUT2D eigenvalue weighted by molar-refractivity contribution is -0.150. The summed E-state index contributed by atoms with van der Waals surface area (Å²) in [6.07, 6.45) is -8.33. The Morgan fingerprint density at radius 2 is 2.06 bits per heavy atom. The first kappa shape index (κ1) is 14.4. The van der Waals surface area contributed by atoms with Crippen LogP contribution in [0, 0.1) is 0 Å². The Labute approximate surface area is 113 Å². The van der Waals surface area contributed by atoms with Crippen LogP contribution >= 0.6 is 28.4 Å². The first-order valence-electron chi connectivity index (χ1n) is 4.80. The van der Waals surface area contributed by atoms with Gasteiger partial charge in [0.2, 0.25) is 0 Å². The number of alkyl halides is 5. The van der Waals surface area contributed by atoms with Crippen molar-refractivity contribution in [3.63, 3.8) is 0 Å². The van der Waals surface area contributed by atoms with Gasteiger partial charge in [-0.1, -0.05) is 0 Å². The highest BCUT2D eigenvalue weighted by Crippen LogP contribution is 2.48. The number of aliphatic hydroxyl groups excluding tert-OH is 1. The molecule has 18 heavy (non-hydrogen) atoms. The highest BCUT2D eigenvalue weighted by atomic mass is 127. The van der Waals surface area contributed by atoms with E-state index in [1.54, 1.807) is 0 Å². The van der Waals surface area contributed by atoms with Crippen molar-refractivity contribution in [3.05, 3.63) is 17.0 Å². The number of hydrogen-bond acceptors (Lipinski definition) is 2. The van der Waals surface area contributed by atoms with Crippen LogP contribution in [0.4, 0.5) is 22.0 Å². The van der Waals surface area contributed by atoms with Gasteiger partial charge in [-0.05, 0) is 28.5 Å². The van der Waals surface area contributed by atoms with Crippen LogP contribution < -0.4 is 0 Å². The molecular weight excluding hydrogens is 393 g/mol. The summed E-state index contributed by atoms with van der Waals surface area (Å²) in [5, 5.41) is 12.7. The first-order chi connectivity index (χ1) is 8.18. The molecule has 1 aromatic rings. The van der Waals surface area contributed by atoms with Crippen molar-refractivity contribution in [2.75, 3.05) is 0 Å². The van der Waals surface area contributed by atoms with E-state index < -0.39 is 35.9 Å². The fourth-order valence-corrected chi connectivity index (χ4v) is 3.57. The molecule has 2 atom stereocenters. The van der Waals surface area contributed by atoms with Crippen LogP contribution in [0.1, 0.15) is 29.5 Å². The maximum absolute atomic E-state index is 13.3. The van der Waals surface area contributed by atoms with Crippen LogP contribution in [0.25, 0.3) is 0 Å². The second-order valence-corrected chi connectivity index (χ2v) is 5.91. The Kier molecular flexibility index (Phi) is 3.61. The molecule has 0 saturated carbocycles. The minimum Gasteiger partial charge on any atom is -0.382 e. The molecule has 1 aliphatic rings. The smallest absolute Gasteiger partial charge is 0.382 e. The minimum atomic E-state index is -4.85. The predicted molar refractivity (Wildman–Crippen MR) is 63.2 cm³/mol. The fourth-order valence-electron chi connectivity index (χ4n) is 1.91. The second-order valence-electron chi connectivity index (χ2n) is 3.87. The van der Waals surface area contributed by atoms with Crippen LogP contribution in [-0.2, 0) is 12.6 Å². The Balaban J connectivity index is 2.63. The van der Waals surface area contributed by atoms with E-state index in [4.69, 9.17) is 0 Å². The fraction of sp³-hybridized carbons (Fsp3) is 0.625. The minimum absolute atomic E-state index is 0.0495. The van der Waals surface area contributed by atoms with E-state index in [0.29, 0.717) is 0 Å². The monoisotopic (exact) mass is 400 g/mol. The molecular formula is C8H7F5IN2OP. The van der Waals surface area contributed by atoms with Crippen molar-refractivity contribution >= 4 is 28.4 Å². The van der Waals surface area contributed by atoms with Crippen molar-refractivity contribution in [2.45, 2.75) is 31.0 Å². The first-order valence-corrected chi connectivity index (χ1v) is 8.86. The zero-order chi connectivity index (χ0) is 13.7. The zero-order valence-corrected chi connectivity index (χ0v) is 11.8. The summed E-state index contributed by atoms with van der Waals surface area (Å²) in [6.45, 7) is 0. The van der Waals surface area contributed by atoms with Crippen LogP contribution in [0.3, 0.4) is 0 Å². The molecule has 1 aliphatic carbocycles. The van der Waals surface area contributed by atoms with Gasteiger partial charge < -0.3 is 5.11 Å². The SMILES string of the molecule is OC1c2c(C(F)(F)F)nn(PI)c2CCC1(F)F. The average Bonchev–Trinajstić information content (AvgIpc) is 2.62. The van der Waals surface area contributed by atoms with Gasteiger partial charge in [0, 0.05) is 17.7 Å². The molecule has 2 rings (SSSR count). The number of aromatic nitrogens is 2.